The van der Waals surface area contributed by atoms with Gasteiger partial charge in [-0.2, -0.15) is 9.61 Å². The third kappa shape index (κ3) is 3.18. The van der Waals surface area contributed by atoms with E-state index in [-0.39, 0.29) is 0 Å². The van der Waals surface area contributed by atoms with Crippen LogP contribution in [0.2, 0.25) is 0 Å². The van der Waals surface area contributed by atoms with Crippen molar-refractivity contribution in [2.75, 3.05) is 0 Å². The predicted molar refractivity (Wildman–Crippen MR) is 97.7 cm³/mol. The average Bonchev–Trinajstić information content (AvgIpc) is 3.04. The predicted octanol–water partition coefficient (Wildman–Crippen LogP) is 4.24. The molecule has 0 amide bonds. The summed E-state index contributed by atoms with van der Waals surface area (Å²) in [5.41, 5.74) is 3.78. The van der Waals surface area contributed by atoms with Crippen molar-refractivity contribution in [3.8, 4) is 11.3 Å². The third-order valence-corrected chi connectivity index (χ3v) is 4.99. The van der Waals surface area contributed by atoms with Crippen LogP contribution in [0.5, 0.6) is 0 Å². The first-order chi connectivity index (χ1) is 11.8. The monoisotopic (exact) mass is 397 g/mol. The van der Waals surface area contributed by atoms with Gasteiger partial charge in [-0.05, 0) is 42.0 Å². The number of benzene rings is 1. The van der Waals surface area contributed by atoms with E-state index in [2.05, 4.69) is 48.3 Å². The van der Waals surface area contributed by atoms with Crippen LogP contribution in [-0.2, 0) is 5.75 Å². The normalized spacial score (nSPS) is 11.0. The fraction of sp³-hybridized carbons (Fsp3) is 0.0588. The number of aromatic nitrogens is 5. The molecule has 7 heteroatoms. The molecule has 0 aliphatic rings. The molecule has 118 valence electrons. The molecule has 0 aliphatic carbocycles. The van der Waals surface area contributed by atoms with E-state index in [9.17, 15) is 0 Å². The summed E-state index contributed by atoms with van der Waals surface area (Å²) in [6.45, 7) is 0. The zero-order valence-electron chi connectivity index (χ0n) is 12.5. The summed E-state index contributed by atoms with van der Waals surface area (Å²) in [7, 11) is 0. The molecular weight excluding hydrogens is 386 g/mol. The van der Waals surface area contributed by atoms with Crippen LogP contribution in [0.15, 0.2) is 70.6 Å². The summed E-state index contributed by atoms with van der Waals surface area (Å²) in [5, 5.41) is 13.9. The van der Waals surface area contributed by atoms with Crippen molar-refractivity contribution in [3.05, 3.63) is 71.0 Å². The van der Waals surface area contributed by atoms with E-state index in [0.29, 0.717) is 0 Å². The zero-order chi connectivity index (χ0) is 16.4. The Balaban J connectivity index is 1.62. The minimum absolute atomic E-state index is 0.737. The number of nitrogens with zero attached hydrogens (tertiary/aromatic N) is 5. The maximum atomic E-state index is 4.66. The molecule has 0 N–H and O–H groups in total. The second-order valence-electron chi connectivity index (χ2n) is 5.13. The molecule has 3 heterocycles. The standard InChI is InChI=1S/C17H12BrN5S/c18-14-5-3-12(4-6-14)11-24-17-21-20-16-8-7-15(22-23(16)17)13-2-1-9-19-10-13/h1-10H,11H2. The molecular formula is C17H12BrN5S. The Hall–Kier alpha value is -2.25. The molecule has 0 unspecified atom stereocenters. The van der Waals surface area contributed by atoms with Gasteiger partial charge >= 0.3 is 0 Å². The van der Waals surface area contributed by atoms with Gasteiger partial charge in [-0.15, -0.1) is 10.2 Å². The molecule has 0 radical (unpaired) electrons. The van der Waals surface area contributed by atoms with Crippen LogP contribution in [0.1, 0.15) is 5.56 Å². The summed E-state index contributed by atoms with van der Waals surface area (Å²) in [4.78, 5) is 4.14. The first-order valence-electron chi connectivity index (χ1n) is 7.30. The van der Waals surface area contributed by atoms with Gasteiger partial charge in [0.05, 0.1) is 5.69 Å². The maximum absolute atomic E-state index is 4.66. The SMILES string of the molecule is Brc1ccc(CSc2nnc3ccc(-c4cccnc4)nn23)cc1. The van der Waals surface area contributed by atoms with Gasteiger partial charge in [-0.25, -0.2) is 0 Å². The Morgan fingerprint density at radius 2 is 1.88 bits per heavy atom. The third-order valence-electron chi connectivity index (χ3n) is 3.47. The van der Waals surface area contributed by atoms with Gasteiger partial charge in [-0.1, -0.05) is 39.8 Å². The van der Waals surface area contributed by atoms with E-state index in [1.807, 2.05) is 36.4 Å². The van der Waals surface area contributed by atoms with Crippen LogP contribution in [0.3, 0.4) is 0 Å². The van der Waals surface area contributed by atoms with Crippen molar-refractivity contribution in [2.24, 2.45) is 0 Å². The second kappa shape index (κ2) is 6.70. The minimum atomic E-state index is 0.737. The van der Waals surface area contributed by atoms with Crippen molar-refractivity contribution in [3.63, 3.8) is 0 Å². The first-order valence-corrected chi connectivity index (χ1v) is 9.07. The summed E-state index contributed by atoms with van der Waals surface area (Å²) < 4.78 is 2.86. The molecule has 5 nitrogen and oxygen atoms in total. The molecule has 24 heavy (non-hydrogen) atoms. The minimum Gasteiger partial charge on any atom is -0.264 e. The van der Waals surface area contributed by atoms with Crippen LogP contribution < -0.4 is 0 Å². The number of hydrogen-bond donors (Lipinski definition) is 0. The van der Waals surface area contributed by atoms with Gasteiger partial charge in [0.2, 0.25) is 5.16 Å². The lowest BCUT2D eigenvalue weighted by atomic mass is 10.2. The molecule has 0 atom stereocenters. The van der Waals surface area contributed by atoms with Crippen molar-refractivity contribution in [2.45, 2.75) is 10.9 Å². The second-order valence-corrected chi connectivity index (χ2v) is 6.99. The number of pyridine rings is 1. The molecule has 3 aromatic heterocycles. The maximum Gasteiger partial charge on any atom is 0.212 e. The molecule has 4 aromatic rings. The van der Waals surface area contributed by atoms with Crippen LogP contribution in [0.25, 0.3) is 16.9 Å². The Bertz CT molecular complexity index is 969. The summed E-state index contributed by atoms with van der Waals surface area (Å²) in [5.74, 6) is 0.812. The summed E-state index contributed by atoms with van der Waals surface area (Å²) >= 11 is 5.06. The van der Waals surface area contributed by atoms with Gasteiger partial charge in [0.1, 0.15) is 0 Å². The molecule has 0 fully saturated rings. The fourth-order valence-corrected chi connectivity index (χ4v) is 3.36. The zero-order valence-corrected chi connectivity index (χ0v) is 14.9. The highest BCUT2D eigenvalue weighted by molar-refractivity contribution is 9.10. The van der Waals surface area contributed by atoms with E-state index < -0.39 is 0 Å². The summed E-state index contributed by atoms with van der Waals surface area (Å²) in [6, 6.07) is 16.0. The van der Waals surface area contributed by atoms with Crippen molar-refractivity contribution in [1.82, 2.24) is 24.8 Å². The van der Waals surface area contributed by atoms with Crippen LogP contribution >= 0.6 is 27.7 Å². The first kappa shape index (κ1) is 15.3. The van der Waals surface area contributed by atoms with Gasteiger partial charge in [0.15, 0.2) is 5.65 Å². The number of fused-ring (bicyclic) bond motifs is 1. The Morgan fingerprint density at radius 1 is 1.00 bits per heavy atom. The van der Waals surface area contributed by atoms with Crippen LogP contribution in [0, 0.1) is 0 Å². The van der Waals surface area contributed by atoms with Crippen molar-refractivity contribution >= 4 is 33.3 Å². The number of rotatable bonds is 4. The van der Waals surface area contributed by atoms with E-state index in [4.69, 9.17) is 0 Å². The molecule has 4 rings (SSSR count). The molecule has 0 spiro atoms. The van der Waals surface area contributed by atoms with E-state index in [1.54, 1.807) is 28.7 Å². The van der Waals surface area contributed by atoms with E-state index in [1.165, 1.54) is 5.56 Å². The van der Waals surface area contributed by atoms with E-state index in [0.717, 1.165) is 32.3 Å². The number of halogens is 1. The van der Waals surface area contributed by atoms with Gasteiger partial charge < -0.3 is 0 Å². The Labute approximate surface area is 151 Å². The lowest BCUT2D eigenvalue weighted by Gasteiger charge is -2.03. The number of thioether (sulfide) groups is 1. The quantitative estimate of drug-likeness (QED) is 0.482. The van der Waals surface area contributed by atoms with Crippen LogP contribution in [-0.4, -0.2) is 24.8 Å². The van der Waals surface area contributed by atoms with Gasteiger partial charge in [0.25, 0.3) is 0 Å². The highest BCUT2D eigenvalue weighted by Crippen LogP contribution is 2.23. The Morgan fingerprint density at radius 3 is 2.67 bits per heavy atom. The van der Waals surface area contributed by atoms with Crippen molar-refractivity contribution < 1.29 is 0 Å². The highest BCUT2D eigenvalue weighted by Gasteiger charge is 2.09. The lowest BCUT2D eigenvalue weighted by molar-refractivity contribution is 0.812. The lowest BCUT2D eigenvalue weighted by Crippen LogP contribution is -1.96. The number of hydrogen-bond acceptors (Lipinski definition) is 5. The molecule has 0 saturated carbocycles. The average molecular weight is 398 g/mol. The topological polar surface area (TPSA) is 56.0 Å². The fourth-order valence-electron chi connectivity index (χ4n) is 2.26. The van der Waals surface area contributed by atoms with E-state index >= 15 is 0 Å². The van der Waals surface area contributed by atoms with Crippen molar-refractivity contribution in [1.29, 1.82) is 0 Å². The van der Waals surface area contributed by atoms with Gasteiger partial charge in [0, 0.05) is 28.2 Å². The molecule has 0 bridgehead atoms. The summed E-state index contributed by atoms with van der Waals surface area (Å²) in [6.07, 6.45) is 3.55. The van der Waals surface area contributed by atoms with Gasteiger partial charge in [-0.3, -0.25) is 4.98 Å². The molecule has 0 saturated heterocycles. The molecule has 1 aromatic carbocycles. The largest absolute Gasteiger partial charge is 0.264 e. The smallest absolute Gasteiger partial charge is 0.212 e. The Kier molecular flexibility index (Phi) is 4.27. The highest BCUT2D eigenvalue weighted by atomic mass is 79.9. The van der Waals surface area contributed by atoms with Crippen LogP contribution in [0.4, 0.5) is 0 Å². The molecule has 0 aliphatic heterocycles.